The van der Waals surface area contributed by atoms with Crippen molar-refractivity contribution in [3.8, 4) is 0 Å². The lowest BCUT2D eigenvalue weighted by Gasteiger charge is -2.14. The second kappa shape index (κ2) is 7.51. The highest BCUT2D eigenvalue weighted by atomic mass is 19.1. The number of carboxylic acid groups (broad SMARTS) is 1. The summed E-state index contributed by atoms with van der Waals surface area (Å²) in [7, 11) is 0. The van der Waals surface area contributed by atoms with E-state index in [1.807, 2.05) is 6.92 Å². The highest BCUT2D eigenvalue weighted by molar-refractivity contribution is 5.77. The van der Waals surface area contributed by atoms with Crippen LogP contribution < -0.4 is 5.32 Å². The molecule has 2 N–H and O–H groups in total. The molecular weight excluding hydrogens is 249 g/mol. The van der Waals surface area contributed by atoms with Gasteiger partial charge in [-0.2, -0.15) is 0 Å². The molecule has 0 bridgehead atoms. The molecule has 0 aliphatic carbocycles. The van der Waals surface area contributed by atoms with Crippen LogP contribution in [0, 0.1) is 5.82 Å². The molecule has 4 nitrogen and oxygen atoms in total. The maximum Gasteiger partial charge on any atom is 0.305 e. The van der Waals surface area contributed by atoms with Crippen LogP contribution >= 0.6 is 0 Å². The maximum absolute atomic E-state index is 12.7. The molecule has 1 amide bonds. The standard InChI is InChI=1S/C14H18FNO3/c1-2-12(9-14(18)19)16-13(17)8-5-10-3-6-11(15)7-4-10/h3-4,6-7,12H,2,5,8-9H2,1H3,(H,16,17)(H,18,19). The van der Waals surface area contributed by atoms with Gasteiger partial charge in [-0.15, -0.1) is 0 Å². The summed E-state index contributed by atoms with van der Waals surface area (Å²) < 4.78 is 12.7. The van der Waals surface area contributed by atoms with Crippen LogP contribution in [0.1, 0.15) is 31.7 Å². The van der Waals surface area contributed by atoms with E-state index >= 15 is 0 Å². The van der Waals surface area contributed by atoms with Crippen molar-refractivity contribution in [3.05, 3.63) is 35.6 Å². The summed E-state index contributed by atoms with van der Waals surface area (Å²) in [5, 5.41) is 11.4. The molecule has 5 heteroatoms. The van der Waals surface area contributed by atoms with Gasteiger partial charge in [-0.1, -0.05) is 19.1 Å². The molecule has 1 aromatic rings. The van der Waals surface area contributed by atoms with Crippen molar-refractivity contribution in [2.24, 2.45) is 0 Å². The van der Waals surface area contributed by atoms with Gasteiger partial charge in [-0.3, -0.25) is 9.59 Å². The Morgan fingerprint density at radius 1 is 1.32 bits per heavy atom. The van der Waals surface area contributed by atoms with Gasteiger partial charge in [0.2, 0.25) is 5.91 Å². The second-order valence-electron chi connectivity index (χ2n) is 4.40. The number of nitrogens with one attached hydrogen (secondary N) is 1. The van der Waals surface area contributed by atoms with E-state index in [-0.39, 0.29) is 30.6 Å². The molecule has 104 valence electrons. The number of aliphatic carboxylic acids is 1. The molecule has 0 aliphatic heterocycles. The number of rotatable bonds is 7. The first-order chi connectivity index (χ1) is 9.01. The molecule has 1 atom stereocenters. The Kier molecular flexibility index (Phi) is 5.99. The zero-order valence-electron chi connectivity index (χ0n) is 10.9. The van der Waals surface area contributed by atoms with E-state index in [0.29, 0.717) is 12.8 Å². The van der Waals surface area contributed by atoms with Crippen molar-refractivity contribution in [1.82, 2.24) is 5.32 Å². The molecule has 1 aromatic carbocycles. The van der Waals surface area contributed by atoms with Crippen LogP contribution in [0.4, 0.5) is 4.39 Å². The van der Waals surface area contributed by atoms with Gasteiger partial charge in [0, 0.05) is 12.5 Å². The molecule has 19 heavy (non-hydrogen) atoms. The van der Waals surface area contributed by atoms with Gasteiger partial charge >= 0.3 is 5.97 Å². The number of aryl methyl sites for hydroxylation is 1. The van der Waals surface area contributed by atoms with Gasteiger partial charge in [-0.25, -0.2) is 4.39 Å². The van der Waals surface area contributed by atoms with Gasteiger partial charge in [0.25, 0.3) is 0 Å². The third-order valence-electron chi connectivity index (χ3n) is 2.83. The lowest BCUT2D eigenvalue weighted by Crippen LogP contribution is -2.36. The number of carboxylic acids is 1. The van der Waals surface area contributed by atoms with E-state index in [4.69, 9.17) is 5.11 Å². The number of hydrogen-bond donors (Lipinski definition) is 2. The first-order valence-corrected chi connectivity index (χ1v) is 6.27. The van der Waals surface area contributed by atoms with Crippen LogP contribution in [-0.4, -0.2) is 23.0 Å². The average molecular weight is 267 g/mol. The molecule has 0 aliphatic rings. The van der Waals surface area contributed by atoms with Crippen LogP contribution in [0.15, 0.2) is 24.3 Å². The van der Waals surface area contributed by atoms with Crippen LogP contribution in [0.5, 0.6) is 0 Å². The van der Waals surface area contributed by atoms with Crippen molar-refractivity contribution in [2.75, 3.05) is 0 Å². The largest absolute Gasteiger partial charge is 0.481 e. The first kappa shape index (κ1) is 15.1. The monoisotopic (exact) mass is 267 g/mol. The first-order valence-electron chi connectivity index (χ1n) is 6.27. The van der Waals surface area contributed by atoms with E-state index in [2.05, 4.69) is 5.32 Å². The Hall–Kier alpha value is -1.91. The normalized spacial score (nSPS) is 11.9. The smallest absolute Gasteiger partial charge is 0.305 e. The molecule has 1 unspecified atom stereocenters. The van der Waals surface area contributed by atoms with Crippen LogP contribution in [0.25, 0.3) is 0 Å². The van der Waals surface area contributed by atoms with E-state index in [0.717, 1.165) is 5.56 Å². The average Bonchev–Trinajstić information content (AvgIpc) is 2.36. The Balaban J connectivity index is 2.38. The third-order valence-corrected chi connectivity index (χ3v) is 2.83. The summed E-state index contributed by atoms with van der Waals surface area (Å²) in [6.45, 7) is 1.83. The van der Waals surface area contributed by atoms with Gasteiger partial charge in [0.05, 0.1) is 6.42 Å². The number of carbonyl (C=O) groups is 2. The molecular formula is C14H18FNO3. The van der Waals surface area contributed by atoms with Crippen molar-refractivity contribution >= 4 is 11.9 Å². The fraction of sp³-hybridized carbons (Fsp3) is 0.429. The predicted octanol–water partition coefficient (Wildman–Crippen LogP) is 2.13. The number of carbonyl (C=O) groups excluding carboxylic acids is 1. The van der Waals surface area contributed by atoms with E-state index < -0.39 is 5.97 Å². The summed E-state index contributed by atoms with van der Waals surface area (Å²) in [6.07, 6.45) is 1.28. The maximum atomic E-state index is 12.7. The van der Waals surface area contributed by atoms with Gasteiger partial charge in [0.1, 0.15) is 5.82 Å². The molecule has 0 saturated heterocycles. The van der Waals surface area contributed by atoms with Crippen molar-refractivity contribution in [1.29, 1.82) is 0 Å². The highest BCUT2D eigenvalue weighted by Gasteiger charge is 2.13. The predicted molar refractivity (Wildman–Crippen MR) is 69.2 cm³/mol. The minimum atomic E-state index is -0.925. The molecule has 0 saturated carbocycles. The van der Waals surface area contributed by atoms with Gasteiger partial charge in [0.15, 0.2) is 0 Å². The summed E-state index contributed by atoms with van der Waals surface area (Å²) in [5.41, 5.74) is 0.878. The van der Waals surface area contributed by atoms with Gasteiger partial charge in [-0.05, 0) is 30.5 Å². The fourth-order valence-corrected chi connectivity index (χ4v) is 1.72. The minimum Gasteiger partial charge on any atom is -0.481 e. The molecule has 0 spiro atoms. The zero-order valence-corrected chi connectivity index (χ0v) is 10.9. The van der Waals surface area contributed by atoms with E-state index in [9.17, 15) is 14.0 Å². The highest BCUT2D eigenvalue weighted by Crippen LogP contribution is 2.06. The van der Waals surface area contributed by atoms with E-state index in [1.54, 1.807) is 12.1 Å². The lowest BCUT2D eigenvalue weighted by molar-refractivity contribution is -0.137. The Morgan fingerprint density at radius 3 is 2.47 bits per heavy atom. The van der Waals surface area contributed by atoms with Crippen molar-refractivity contribution in [3.63, 3.8) is 0 Å². The van der Waals surface area contributed by atoms with Crippen LogP contribution in [0.2, 0.25) is 0 Å². The minimum absolute atomic E-state index is 0.0706. The van der Waals surface area contributed by atoms with E-state index in [1.165, 1.54) is 12.1 Å². The summed E-state index contributed by atoms with van der Waals surface area (Å²) in [5.74, 6) is -1.41. The van der Waals surface area contributed by atoms with Crippen molar-refractivity contribution < 1.29 is 19.1 Å². The Morgan fingerprint density at radius 2 is 1.95 bits per heavy atom. The Bertz CT molecular complexity index is 431. The van der Waals surface area contributed by atoms with Gasteiger partial charge < -0.3 is 10.4 Å². The summed E-state index contributed by atoms with van der Waals surface area (Å²) in [4.78, 5) is 22.2. The number of benzene rings is 1. The molecule has 0 heterocycles. The van der Waals surface area contributed by atoms with Crippen LogP contribution in [-0.2, 0) is 16.0 Å². The Labute approximate surface area is 111 Å². The second-order valence-corrected chi connectivity index (χ2v) is 4.40. The topological polar surface area (TPSA) is 66.4 Å². The third kappa shape index (κ3) is 5.99. The number of hydrogen-bond acceptors (Lipinski definition) is 2. The zero-order chi connectivity index (χ0) is 14.3. The van der Waals surface area contributed by atoms with Crippen molar-refractivity contribution in [2.45, 2.75) is 38.6 Å². The quantitative estimate of drug-likeness (QED) is 0.795. The summed E-state index contributed by atoms with van der Waals surface area (Å²) >= 11 is 0. The number of halogens is 1. The summed E-state index contributed by atoms with van der Waals surface area (Å²) in [6, 6.07) is 5.64. The number of amides is 1. The lowest BCUT2D eigenvalue weighted by atomic mass is 10.1. The van der Waals surface area contributed by atoms with Crippen LogP contribution in [0.3, 0.4) is 0 Å². The molecule has 0 radical (unpaired) electrons. The SMILES string of the molecule is CCC(CC(=O)O)NC(=O)CCc1ccc(F)cc1. The fourth-order valence-electron chi connectivity index (χ4n) is 1.72. The molecule has 0 aromatic heterocycles. The molecule has 0 fully saturated rings. The molecule has 1 rings (SSSR count).